The molecule has 0 aliphatic carbocycles. The average Bonchev–Trinajstić information content (AvgIpc) is 3.28. The third-order valence-corrected chi connectivity index (χ3v) is 5.90. The van der Waals surface area contributed by atoms with Crippen molar-refractivity contribution in [1.82, 2.24) is 0 Å². The molecule has 0 saturated carbocycles. The second-order valence-electron chi connectivity index (χ2n) is 7.77. The van der Waals surface area contributed by atoms with E-state index in [0.717, 1.165) is 22.4 Å². The molecule has 0 N–H and O–H groups in total. The van der Waals surface area contributed by atoms with Crippen LogP contribution >= 0.6 is 0 Å². The number of amides is 1. The monoisotopic (exact) mass is 413 g/mol. The smallest absolute Gasteiger partial charge is 0.278 e. The molecule has 3 aromatic rings. The van der Waals surface area contributed by atoms with E-state index in [4.69, 9.17) is 9.73 Å². The average molecular weight is 413 g/mol. The van der Waals surface area contributed by atoms with Gasteiger partial charge in [-0.15, -0.1) is 0 Å². The number of rotatable bonds is 3. The van der Waals surface area contributed by atoms with Crippen LogP contribution in [0.25, 0.3) is 0 Å². The van der Waals surface area contributed by atoms with Crippen LogP contribution in [-0.2, 0) is 15.1 Å². The Hall–Kier alpha value is -4.00. The van der Waals surface area contributed by atoms with Crippen molar-refractivity contribution in [2.45, 2.75) is 18.6 Å². The van der Waals surface area contributed by atoms with Gasteiger partial charge in [0.25, 0.3) is 11.6 Å². The highest BCUT2D eigenvalue weighted by atomic mass is 16.6. The maximum Gasteiger partial charge on any atom is 0.278 e. The fraction of sp³-hybridized carbons (Fsp3) is 0.167. The molecule has 31 heavy (non-hydrogen) atoms. The van der Waals surface area contributed by atoms with Crippen molar-refractivity contribution in [2.24, 2.45) is 4.99 Å². The van der Waals surface area contributed by atoms with E-state index in [1.165, 1.54) is 12.1 Å². The Labute approximate surface area is 178 Å². The van der Waals surface area contributed by atoms with Gasteiger partial charge in [0.2, 0.25) is 11.5 Å². The molecule has 2 aliphatic heterocycles. The molecule has 0 unspecified atom stereocenters. The number of likely N-dealkylation sites (N-methyl/N-ethyl adjacent to an activating group) is 1. The number of para-hydroxylation sites is 1. The van der Waals surface area contributed by atoms with Gasteiger partial charge in [0.15, 0.2) is 0 Å². The molecule has 3 aromatic carbocycles. The van der Waals surface area contributed by atoms with Crippen LogP contribution < -0.4 is 4.90 Å². The lowest BCUT2D eigenvalue weighted by atomic mass is 9.84. The van der Waals surface area contributed by atoms with Crippen LogP contribution in [0.4, 0.5) is 11.4 Å². The normalized spacial score (nSPS) is 21.7. The second kappa shape index (κ2) is 6.77. The summed E-state index contributed by atoms with van der Waals surface area (Å²) in [5.41, 5.74) is 2.67. The number of ether oxygens (including phenoxy) is 1. The number of nitro groups is 1. The van der Waals surface area contributed by atoms with Crippen molar-refractivity contribution in [3.8, 4) is 0 Å². The van der Waals surface area contributed by atoms with E-state index in [1.807, 2.05) is 55.5 Å². The van der Waals surface area contributed by atoms with Crippen molar-refractivity contribution in [3.63, 3.8) is 0 Å². The van der Waals surface area contributed by atoms with Gasteiger partial charge in [-0.2, -0.15) is 0 Å². The molecular formula is C24H19N3O4. The summed E-state index contributed by atoms with van der Waals surface area (Å²) < 4.78 is 6.41. The first-order chi connectivity index (χ1) is 14.9. The number of aryl methyl sites for hydroxylation is 1. The third kappa shape index (κ3) is 2.73. The van der Waals surface area contributed by atoms with Crippen LogP contribution in [-0.4, -0.2) is 23.8 Å². The summed E-state index contributed by atoms with van der Waals surface area (Å²) in [6.07, 6.45) is 0. The van der Waals surface area contributed by atoms with Crippen LogP contribution in [0.2, 0.25) is 0 Å². The molecule has 1 amide bonds. The number of benzene rings is 3. The SMILES string of the molecule is Cc1ccc(C2=N[C@H](c3ccc([N+](=O)[O-])cc3)[C@@]3(O2)C(=O)N(C)c2ccccc23)cc1. The number of nitro benzene ring substituents is 1. The molecule has 154 valence electrons. The van der Waals surface area contributed by atoms with Crippen molar-refractivity contribution in [1.29, 1.82) is 0 Å². The van der Waals surface area contributed by atoms with E-state index < -0.39 is 16.6 Å². The molecule has 0 saturated heterocycles. The quantitative estimate of drug-likeness (QED) is 0.473. The number of carbonyl (C=O) groups is 1. The first kappa shape index (κ1) is 19.0. The highest BCUT2D eigenvalue weighted by molar-refractivity contribution is 6.11. The molecular weight excluding hydrogens is 394 g/mol. The van der Waals surface area contributed by atoms with Crippen LogP contribution in [0.1, 0.15) is 28.3 Å². The number of nitrogens with zero attached hydrogens (tertiary/aromatic N) is 3. The first-order valence-electron chi connectivity index (χ1n) is 9.87. The summed E-state index contributed by atoms with van der Waals surface area (Å²) in [6.45, 7) is 1.99. The van der Waals surface area contributed by atoms with Crippen molar-refractivity contribution in [3.05, 3.63) is 105 Å². The summed E-state index contributed by atoms with van der Waals surface area (Å²) in [4.78, 5) is 30.7. The number of fused-ring (bicyclic) bond motifs is 2. The van der Waals surface area contributed by atoms with Gasteiger partial charge in [-0.05, 0) is 42.8 Å². The summed E-state index contributed by atoms with van der Waals surface area (Å²) >= 11 is 0. The molecule has 7 nitrogen and oxygen atoms in total. The van der Waals surface area contributed by atoms with Gasteiger partial charge in [0.05, 0.1) is 10.6 Å². The number of hydrogen-bond acceptors (Lipinski definition) is 5. The summed E-state index contributed by atoms with van der Waals surface area (Å²) in [5, 5.41) is 11.1. The standard InChI is InChI=1S/C24H19N3O4/c1-15-7-9-17(10-8-15)22-25-21(16-11-13-18(14-12-16)27(29)30)24(31-22)19-5-3-4-6-20(19)26(2)23(24)28/h3-14,21H,1-2H3/t21-,24-/m1/s1. The van der Waals surface area contributed by atoms with Gasteiger partial charge < -0.3 is 9.64 Å². The molecule has 0 bridgehead atoms. The molecule has 2 heterocycles. The first-order valence-corrected chi connectivity index (χ1v) is 9.87. The van der Waals surface area contributed by atoms with Gasteiger partial charge in [-0.25, -0.2) is 4.99 Å². The zero-order valence-electron chi connectivity index (χ0n) is 17.0. The fourth-order valence-electron chi connectivity index (χ4n) is 4.28. The zero-order chi connectivity index (χ0) is 21.8. The van der Waals surface area contributed by atoms with Crippen LogP contribution in [0.15, 0.2) is 77.8 Å². The Balaban J connectivity index is 1.69. The van der Waals surface area contributed by atoms with Crippen LogP contribution in [0.3, 0.4) is 0 Å². The Kier molecular flexibility index (Phi) is 4.15. The van der Waals surface area contributed by atoms with Gasteiger partial charge in [0, 0.05) is 30.3 Å². The van der Waals surface area contributed by atoms with Gasteiger partial charge in [-0.3, -0.25) is 14.9 Å². The summed E-state index contributed by atoms with van der Waals surface area (Å²) in [7, 11) is 1.72. The number of anilines is 1. The molecule has 0 radical (unpaired) electrons. The van der Waals surface area contributed by atoms with Crippen LogP contribution in [0, 0.1) is 17.0 Å². The van der Waals surface area contributed by atoms with Gasteiger partial charge in [0.1, 0.15) is 6.04 Å². The number of hydrogen-bond donors (Lipinski definition) is 0. The molecule has 5 rings (SSSR count). The van der Waals surface area contributed by atoms with Crippen molar-refractivity contribution < 1.29 is 14.5 Å². The predicted octanol–water partition coefficient (Wildman–Crippen LogP) is 4.29. The Morgan fingerprint density at radius 1 is 1.03 bits per heavy atom. The van der Waals surface area contributed by atoms with Gasteiger partial charge >= 0.3 is 0 Å². The van der Waals surface area contributed by atoms with E-state index in [1.54, 1.807) is 24.1 Å². The van der Waals surface area contributed by atoms with E-state index in [0.29, 0.717) is 11.5 Å². The maximum atomic E-state index is 13.6. The topological polar surface area (TPSA) is 85.0 Å². The molecule has 0 aromatic heterocycles. The molecule has 2 aliphatic rings. The van der Waals surface area contributed by atoms with E-state index in [9.17, 15) is 14.9 Å². The van der Waals surface area contributed by atoms with Gasteiger partial charge in [-0.1, -0.05) is 35.9 Å². The third-order valence-electron chi connectivity index (χ3n) is 5.90. The minimum atomic E-state index is -1.36. The Morgan fingerprint density at radius 3 is 2.39 bits per heavy atom. The maximum absolute atomic E-state index is 13.6. The molecule has 0 fully saturated rings. The number of non-ortho nitro benzene ring substituents is 1. The van der Waals surface area contributed by atoms with E-state index >= 15 is 0 Å². The minimum absolute atomic E-state index is 0.0188. The molecule has 2 atom stereocenters. The Bertz CT molecular complexity index is 1230. The highest BCUT2D eigenvalue weighted by Crippen LogP contribution is 2.54. The largest absolute Gasteiger partial charge is 0.453 e. The minimum Gasteiger partial charge on any atom is -0.453 e. The lowest BCUT2D eigenvalue weighted by Crippen LogP contribution is -2.43. The van der Waals surface area contributed by atoms with Crippen LogP contribution in [0.5, 0.6) is 0 Å². The molecule has 1 spiro atoms. The van der Waals surface area contributed by atoms with Crippen molar-refractivity contribution in [2.75, 3.05) is 11.9 Å². The van der Waals surface area contributed by atoms with E-state index in [-0.39, 0.29) is 11.6 Å². The summed E-state index contributed by atoms with van der Waals surface area (Å²) in [5.74, 6) is 0.157. The number of aliphatic imine (C=N–C) groups is 1. The Morgan fingerprint density at radius 2 is 1.71 bits per heavy atom. The van der Waals surface area contributed by atoms with Crippen molar-refractivity contribution >= 4 is 23.2 Å². The second-order valence-corrected chi connectivity index (χ2v) is 7.77. The summed E-state index contributed by atoms with van der Waals surface area (Å²) in [6, 6.07) is 20.7. The van der Waals surface area contributed by atoms with E-state index in [2.05, 4.69) is 0 Å². The zero-order valence-corrected chi connectivity index (χ0v) is 17.0. The number of carbonyl (C=O) groups excluding carboxylic acids is 1. The predicted molar refractivity (Wildman–Crippen MR) is 116 cm³/mol. The lowest BCUT2D eigenvalue weighted by molar-refractivity contribution is -0.384. The molecule has 7 heteroatoms. The highest BCUT2D eigenvalue weighted by Gasteiger charge is 2.61. The lowest BCUT2D eigenvalue weighted by Gasteiger charge is -2.28. The fourth-order valence-corrected chi connectivity index (χ4v) is 4.28.